The third-order valence-electron chi connectivity index (χ3n) is 5.99. The van der Waals surface area contributed by atoms with Gasteiger partial charge in [0.25, 0.3) is 5.91 Å². The second kappa shape index (κ2) is 7.14. The summed E-state index contributed by atoms with van der Waals surface area (Å²) >= 11 is 0. The molecule has 2 atom stereocenters. The van der Waals surface area contributed by atoms with Crippen LogP contribution >= 0.6 is 0 Å². The smallest absolute Gasteiger partial charge is 0.253 e. The molecule has 4 nitrogen and oxygen atoms in total. The molecule has 3 aliphatic rings. The summed E-state index contributed by atoms with van der Waals surface area (Å²) in [5, 5.41) is 3.49. The van der Waals surface area contributed by atoms with Crippen molar-refractivity contribution < 1.29 is 9.53 Å². The number of nitrogens with zero attached hydrogens (tertiary/aromatic N) is 1. The van der Waals surface area contributed by atoms with Gasteiger partial charge < -0.3 is 15.0 Å². The summed E-state index contributed by atoms with van der Waals surface area (Å²) in [4.78, 5) is 15.0. The maximum absolute atomic E-state index is 12.9. The average Bonchev–Trinajstić information content (AvgIpc) is 3.23. The largest absolute Gasteiger partial charge is 0.490 e. The fraction of sp³-hybridized carbons (Fsp3) is 0.650. The average molecular weight is 328 g/mol. The van der Waals surface area contributed by atoms with Crippen molar-refractivity contribution in [2.45, 2.75) is 44.6 Å². The summed E-state index contributed by atoms with van der Waals surface area (Å²) in [6.45, 7) is 4.01. The number of carbonyl (C=O) groups excluding carboxylic acids is 1. The van der Waals surface area contributed by atoms with Gasteiger partial charge in [0.2, 0.25) is 0 Å². The molecule has 2 aliphatic heterocycles. The zero-order valence-electron chi connectivity index (χ0n) is 14.4. The van der Waals surface area contributed by atoms with Gasteiger partial charge in [0.15, 0.2) is 0 Å². The molecule has 0 radical (unpaired) electrons. The van der Waals surface area contributed by atoms with E-state index in [0.717, 1.165) is 75.0 Å². The number of likely N-dealkylation sites (tertiary alicyclic amines) is 1. The minimum Gasteiger partial charge on any atom is -0.490 e. The van der Waals surface area contributed by atoms with Crippen LogP contribution in [0, 0.1) is 11.8 Å². The van der Waals surface area contributed by atoms with Gasteiger partial charge in [-0.05, 0) is 81.6 Å². The lowest BCUT2D eigenvalue weighted by atomic mass is 9.92. The normalized spacial score (nSPS) is 27.8. The van der Waals surface area contributed by atoms with Gasteiger partial charge >= 0.3 is 0 Å². The Hall–Kier alpha value is -1.55. The highest BCUT2D eigenvalue weighted by atomic mass is 16.5. The molecule has 130 valence electrons. The Labute approximate surface area is 144 Å². The molecule has 0 aromatic heterocycles. The lowest BCUT2D eigenvalue weighted by Crippen LogP contribution is -2.32. The predicted molar refractivity (Wildman–Crippen MR) is 94.3 cm³/mol. The van der Waals surface area contributed by atoms with E-state index < -0.39 is 0 Å². The maximum atomic E-state index is 12.9. The molecule has 2 saturated heterocycles. The molecule has 3 fully saturated rings. The summed E-state index contributed by atoms with van der Waals surface area (Å²) in [6.07, 6.45) is 7.38. The van der Waals surface area contributed by atoms with Crippen molar-refractivity contribution >= 4 is 5.91 Å². The van der Waals surface area contributed by atoms with Crippen LogP contribution in [-0.4, -0.2) is 43.1 Å². The molecule has 1 aromatic rings. The van der Waals surface area contributed by atoms with Crippen molar-refractivity contribution in [2.24, 2.45) is 11.8 Å². The molecule has 0 spiro atoms. The molecule has 1 amide bonds. The van der Waals surface area contributed by atoms with Crippen LogP contribution in [0.4, 0.5) is 0 Å². The van der Waals surface area contributed by atoms with Crippen molar-refractivity contribution in [2.75, 3.05) is 26.2 Å². The van der Waals surface area contributed by atoms with Crippen LogP contribution in [-0.2, 0) is 0 Å². The van der Waals surface area contributed by atoms with Crippen LogP contribution < -0.4 is 10.1 Å². The van der Waals surface area contributed by atoms with E-state index in [-0.39, 0.29) is 5.91 Å². The summed E-state index contributed by atoms with van der Waals surface area (Å²) in [6, 6.07) is 7.80. The van der Waals surface area contributed by atoms with Crippen LogP contribution in [0.3, 0.4) is 0 Å². The van der Waals surface area contributed by atoms with Crippen molar-refractivity contribution in [3.8, 4) is 5.75 Å². The van der Waals surface area contributed by atoms with Gasteiger partial charge in [-0.2, -0.15) is 0 Å². The highest BCUT2D eigenvalue weighted by molar-refractivity contribution is 5.94. The van der Waals surface area contributed by atoms with Crippen LogP contribution in [0.2, 0.25) is 0 Å². The van der Waals surface area contributed by atoms with Crippen molar-refractivity contribution in [3.05, 3.63) is 29.8 Å². The van der Waals surface area contributed by atoms with E-state index in [9.17, 15) is 4.79 Å². The second-order valence-electron chi connectivity index (χ2n) is 7.60. The number of nitrogens with one attached hydrogen (secondary N) is 1. The molecule has 2 heterocycles. The zero-order chi connectivity index (χ0) is 16.4. The molecular weight excluding hydrogens is 300 g/mol. The monoisotopic (exact) mass is 328 g/mol. The number of ether oxygens (including phenoxy) is 1. The van der Waals surface area contributed by atoms with E-state index in [2.05, 4.69) is 5.32 Å². The zero-order valence-corrected chi connectivity index (χ0v) is 14.4. The van der Waals surface area contributed by atoms with E-state index in [0.29, 0.717) is 6.10 Å². The molecule has 0 unspecified atom stereocenters. The first-order valence-corrected chi connectivity index (χ1v) is 9.56. The van der Waals surface area contributed by atoms with Gasteiger partial charge in [-0.3, -0.25) is 4.79 Å². The Kier molecular flexibility index (Phi) is 4.74. The fourth-order valence-electron chi connectivity index (χ4n) is 4.50. The number of benzene rings is 1. The van der Waals surface area contributed by atoms with Crippen molar-refractivity contribution in [1.29, 1.82) is 0 Å². The summed E-state index contributed by atoms with van der Waals surface area (Å²) in [5.41, 5.74) is 0.774. The quantitative estimate of drug-likeness (QED) is 0.927. The van der Waals surface area contributed by atoms with E-state index in [1.54, 1.807) is 0 Å². The van der Waals surface area contributed by atoms with Crippen LogP contribution in [0.5, 0.6) is 5.75 Å². The predicted octanol–water partition coefficient (Wildman–Crippen LogP) is 3.08. The van der Waals surface area contributed by atoms with Crippen molar-refractivity contribution in [3.63, 3.8) is 0 Å². The van der Waals surface area contributed by atoms with Crippen LogP contribution in [0.25, 0.3) is 0 Å². The number of rotatable bonds is 3. The number of hydrogen-bond donors (Lipinski definition) is 1. The summed E-state index contributed by atoms with van der Waals surface area (Å²) < 4.78 is 6.06. The first-order chi connectivity index (χ1) is 11.8. The molecule has 4 heteroatoms. The number of carbonyl (C=O) groups is 1. The molecule has 1 aromatic carbocycles. The van der Waals surface area contributed by atoms with E-state index >= 15 is 0 Å². The van der Waals surface area contributed by atoms with E-state index in [1.807, 2.05) is 29.2 Å². The van der Waals surface area contributed by atoms with Gasteiger partial charge in [0.1, 0.15) is 5.75 Å². The van der Waals surface area contributed by atoms with Crippen LogP contribution in [0.15, 0.2) is 24.3 Å². The maximum Gasteiger partial charge on any atom is 0.253 e. The molecule has 1 aliphatic carbocycles. The number of hydrogen-bond acceptors (Lipinski definition) is 3. The molecule has 1 saturated carbocycles. The van der Waals surface area contributed by atoms with Gasteiger partial charge in [-0.15, -0.1) is 0 Å². The summed E-state index contributed by atoms with van der Waals surface area (Å²) in [5.74, 6) is 2.52. The molecule has 24 heavy (non-hydrogen) atoms. The van der Waals surface area contributed by atoms with Gasteiger partial charge in [0, 0.05) is 18.7 Å². The molecule has 4 rings (SSSR count). The van der Waals surface area contributed by atoms with Gasteiger partial charge in [-0.25, -0.2) is 0 Å². The Balaban J connectivity index is 1.41. The van der Waals surface area contributed by atoms with E-state index in [4.69, 9.17) is 4.74 Å². The molecular formula is C20H28N2O2. The lowest BCUT2D eigenvalue weighted by Gasteiger charge is -2.21. The first kappa shape index (κ1) is 15.9. The van der Waals surface area contributed by atoms with Crippen molar-refractivity contribution in [1.82, 2.24) is 10.2 Å². The minimum atomic E-state index is 0.166. The Bertz CT molecular complexity index is 569. The Morgan fingerprint density at radius 1 is 1.04 bits per heavy atom. The third-order valence-corrected chi connectivity index (χ3v) is 5.99. The minimum absolute atomic E-state index is 0.166. The first-order valence-electron chi connectivity index (χ1n) is 9.56. The SMILES string of the molecule is O=C(c1cccc(OC2CCCC2)c1)N1CC[C@@H]2CNC[C@@H]2CC1. The third kappa shape index (κ3) is 3.44. The van der Waals surface area contributed by atoms with E-state index in [1.165, 1.54) is 12.8 Å². The highest BCUT2D eigenvalue weighted by Crippen LogP contribution is 2.28. The molecule has 1 N–H and O–H groups in total. The Morgan fingerprint density at radius 2 is 1.75 bits per heavy atom. The van der Waals surface area contributed by atoms with Crippen LogP contribution in [0.1, 0.15) is 48.9 Å². The lowest BCUT2D eigenvalue weighted by molar-refractivity contribution is 0.0757. The fourth-order valence-corrected chi connectivity index (χ4v) is 4.50. The topological polar surface area (TPSA) is 41.6 Å². The standard InChI is InChI=1S/C20H28N2O2/c23-20(22-10-8-16-13-21-14-17(16)9-11-22)15-4-3-7-19(12-15)24-18-5-1-2-6-18/h3-4,7,12,16-18,21H,1-2,5-6,8-11,13-14H2/t16-,17+. The number of fused-ring (bicyclic) bond motifs is 1. The highest BCUT2D eigenvalue weighted by Gasteiger charge is 2.31. The van der Waals surface area contributed by atoms with Gasteiger partial charge in [0.05, 0.1) is 6.10 Å². The second-order valence-corrected chi connectivity index (χ2v) is 7.60. The number of amides is 1. The Morgan fingerprint density at radius 3 is 2.46 bits per heavy atom. The molecule has 0 bridgehead atoms. The van der Waals surface area contributed by atoms with Gasteiger partial charge in [-0.1, -0.05) is 6.07 Å². The summed E-state index contributed by atoms with van der Waals surface area (Å²) in [7, 11) is 0.